The SMILES string of the molecule is O=C1NC2(CCN(c3cc(C(F)(F)F)ccn3)CC2)C[C@H]1c1ccccc1. The summed E-state index contributed by atoms with van der Waals surface area (Å²) in [7, 11) is 0. The number of halogens is 3. The van der Waals surface area contributed by atoms with Crippen LogP contribution in [0.4, 0.5) is 19.0 Å². The third-order valence-corrected chi connectivity index (χ3v) is 5.62. The molecule has 1 amide bonds. The number of hydrogen-bond acceptors (Lipinski definition) is 3. The van der Waals surface area contributed by atoms with E-state index in [1.807, 2.05) is 35.2 Å². The van der Waals surface area contributed by atoms with Gasteiger partial charge in [-0.15, -0.1) is 0 Å². The molecule has 0 radical (unpaired) electrons. The molecular formula is C20H20F3N3O. The number of pyridine rings is 1. The van der Waals surface area contributed by atoms with Crippen LogP contribution in [0.3, 0.4) is 0 Å². The van der Waals surface area contributed by atoms with Crippen molar-refractivity contribution in [3.63, 3.8) is 0 Å². The summed E-state index contributed by atoms with van der Waals surface area (Å²) in [6.45, 7) is 1.13. The van der Waals surface area contributed by atoms with Gasteiger partial charge in [-0.25, -0.2) is 4.98 Å². The second-order valence-electron chi connectivity index (χ2n) is 7.32. The van der Waals surface area contributed by atoms with Gasteiger partial charge in [0.15, 0.2) is 0 Å². The zero-order chi connectivity index (χ0) is 19.1. The lowest BCUT2D eigenvalue weighted by Gasteiger charge is -2.40. The molecule has 1 atom stereocenters. The maximum Gasteiger partial charge on any atom is 0.416 e. The Morgan fingerprint density at radius 2 is 1.81 bits per heavy atom. The summed E-state index contributed by atoms with van der Waals surface area (Å²) in [5.41, 5.74) is 0.0374. The Morgan fingerprint density at radius 1 is 1.11 bits per heavy atom. The van der Waals surface area contributed by atoms with Crippen LogP contribution < -0.4 is 10.2 Å². The van der Waals surface area contributed by atoms with Gasteiger partial charge in [-0.2, -0.15) is 13.2 Å². The van der Waals surface area contributed by atoms with Gasteiger partial charge in [0.2, 0.25) is 5.91 Å². The molecule has 1 spiro atoms. The number of piperidine rings is 1. The molecule has 0 aliphatic carbocycles. The first kappa shape index (κ1) is 17.8. The highest BCUT2D eigenvalue weighted by molar-refractivity contribution is 5.87. The number of anilines is 1. The van der Waals surface area contributed by atoms with Crippen LogP contribution in [0, 0.1) is 0 Å². The van der Waals surface area contributed by atoms with E-state index in [9.17, 15) is 18.0 Å². The zero-order valence-electron chi connectivity index (χ0n) is 14.7. The Balaban J connectivity index is 1.46. The fourth-order valence-electron chi connectivity index (χ4n) is 4.10. The maximum absolute atomic E-state index is 12.9. The van der Waals surface area contributed by atoms with Crippen molar-refractivity contribution in [3.8, 4) is 0 Å². The largest absolute Gasteiger partial charge is 0.416 e. The second-order valence-corrected chi connectivity index (χ2v) is 7.32. The van der Waals surface area contributed by atoms with Crippen molar-refractivity contribution in [1.82, 2.24) is 10.3 Å². The first-order valence-corrected chi connectivity index (χ1v) is 9.02. The van der Waals surface area contributed by atoms with E-state index in [0.717, 1.165) is 24.1 Å². The molecule has 1 aromatic carbocycles. The minimum atomic E-state index is -4.38. The summed E-state index contributed by atoms with van der Waals surface area (Å²) >= 11 is 0. The number of hydrogen-bond donors (Lipinski definition) is 1. The zero-order valence-corrected chi connectivity index (χ0v) is 14.7. The Hall–Kier alpha value is -2.57. The van der Waals surface area contributed by atoms with Crippen LogP contribution in [-0.4, -0.2) is 29.5 Å². The first-order chi connectivity index (χ1) is 12.9. The second kappa shape index (κ2) is 6.55. The van der Waals surface area contributed by atoms with Crippen molar-refractivity contribution in [2.45, 2.75) is 36.9 Å². The number of amides is 1. The third kappa shape index (κ3) is 3.50. The average molecular weight is 375 g/mol. The number of aromatic nitrogens is 1. The number of carbonyl (C=O) groups is 1. The summed E-state index contributed by atoms with van der Waals surface area (Å²) < 4.78 is 38.8. The molecule has 1 aromatic heterocycles. The molecule has 0 unspecified atom stereocenters. The number of rotatable bonds is 2. The number of alkyl halides is 3. The molecular weight excluding hydrogens is 355 g/mol. The van der Waals surface area contributed by atoms with Gasteiger partial charge < -0.3 is 10.2 Å². The summed E-state index contributed by atoms with van der Waals surface area (Å²) in [6, 6.07) is 11.8. The van der Waals surface area contributed by atoms with E-state index in [4.69, 9.17) is 0 Å². The summed E-state index contributed by atoms with van der Waals surface area (Å²) in [5, 5.41) is 3.16. The molecule has 0 bridgehead atoms. The predicted molar refractivity (Wildman–Crippen MR) is 95.4 cm³/mol. The highest BCUT2D eigenvalue weighted by Crippen LogP contribution is 2.40. The fourth-order valence-corrected chi connectivity index (χ4v) is 4.10. The van der Waals surface area contributed by atoms with Crippen LogP contribution in [0.2, 0.25) is 0 Å². The fraction of sp³-hybridized carbons (Fsp3) is 0.400. The lowest BCUT2D eigenvalue weighted by Crippen LogP contribution is -2.51. The van der Waals surface area contributed by atoms with Crippen LogP contribution >= 0.6 is 0 Å². The molecule has 0 saturated carbocycles. The highest BCUT2D eigenvalue weighted by Gasteiger charge is 2.46. The van der Waals surface area contributed by atoms with E-state index in [1.54, 1.807) is 0 Å². The van der Waals surface area contributed by atoms with Crippen LogP contribution in [-0.2, 0) is 11.0 Å². The molecule has 2 aliphatic heterocycles. The van der Waals surface area contributed by atoms with Crippen molar-refractivity contribution in [3.05, 3.63) is 59.8 Å². The number of benzene rings is 1. The van der Waals surface area contributed by atoms with Gasteiger partial charge in [0.1, 0.15) is 5.82 Å². The number of carbonyl (C=O) groups excluding carboxylic acids is 1. The Bertz CT molecular complexity index is 830. The molecule has 2 aromatic rings. The van der Waals surface area contributed by atoms with Gasteiger partial charge in [0.05, 0.1) is 11.5 Å². The molecule has 7 heteroatoms. The van der Waals surface area contributed by atoms with E-state index in [1.165, 1.54) is 6.20 Å². The van der Waals surface area contributed by atoms with E-state index in [2.05, 4.69) is 10.3 Å². The van der Waals surface area contributed by atoms with Gasteiger partial charge in [-0.1, -0.05) is 30.3 Å². The van der Waals surface area contributed by atoms with Gasteiger partial charge in [-0.3, -0.25) is 4.79 Å². The van der Waals surface area contributed by atoms with Crippen molar-refractivity contribution in [1.29, 1.82) is 0 Å². The van der Waals surface area contributed by atoms with Gasteiger partial charge in [0.25, 0.3) is 0 Å². The Labute approximate surface area is 155 Å². The number of nitrogens with one attached hydrogen (secondary N) is 1. The van der Waals surface area contributed by atoms with Crippen LogP contribution in [0.25, 0.3) is 0 Å². The molecule has 27 heavy (non-hydrogen) atoms. The van der Waals surface area contributed by atoms with Gasteiger partial charge >= 0.3 is 6.18 Å². The smallest absolute Gasteiger partial charge is 0.356 e. The Morgan fingerprint density at radius 3 is 2.48 bits per heavy atom. The van der Waals surface area contributed by atoms with Crippen molar-refractivity contribution < 1.29 is 18.0 Å². The minimum Gasteiger partial charge on any atom is -0.356 e. The monoisotopic (exact) mass is 375 g/mol. The Kier molecular flexibility index (Phi) is 4.32. The topological polar surface area (TPSA) is 45.2 Å². The highest BCUT2D eigenvalue weighted by atomic mass is 19.4. The molecule has 4 rings (SSSR count). The van der Waals surface area contributed by atoms with Crippen LogP contribution in [0.1, 0.15) is 36.3 Å². The molecule has 2 fully saturated rings. The van der Waals surface area contributed by atoms with Crippen LogP contribution in [0.5, 0.6) is 0 Å². The minimum absolute atomic E-state index is 0.0341. The molecule has 3 heterocycles. The van der Waals surface area contributed by atoms with E-state index >= 15 is 0 Å². The molecule has 142 valence electrons. The standard InChI is InChI=1S/C20H20F3N3O/c21-20(22,23)15-6-9-24-17(12-15)26-10-7-19(8-11-26)13-16(18(27)25-19)14-4-2-1-3-5-14/h1-6,9,12,16H,7-8,10-11,13H2,(H,25,27)/t16-/m0/s1. The first-order valence-electron chi connectivity index (χ1n) is 9.02. The normalized spacial score (nSPS) is 22.1. The van der Waals surface area contributed by atoms with E-state index in [-0.39, 0.29) is 17.4 Å². The quantitative estimate of drug-likeness (QED) is 0.870. The molecule has 4 nitrogen and oxygen atoms in total. The lowest BCUT2D eigenvalue weighted by atomic mass is 9.82. The summed E-state index contributed by atoms with van der Waals surface area (Å²) in [5.74, 6) is 0.208. The van der Waals surface area contributed by atoms with Crippen molar-refractivity contribution in [2.75, 3.05) is 18.0 Å². The van der Waals surface area contributed by atoms with Crippen LogP contribution in [0.15, 0.2) is 48.7 Å². The maximum atomic E-state index is 12.9. The van der Waals surface area contributed by atoms with E-state index < -0.39 is 11.7 Å². The van der Waals surface area contributed by atoms with Gasteiger partial charge in [0, 0.05) is 24.8 Å². The predicted octanol–water partition coefficient (Wildman–Crippen LogP) is 3.74. The number of nitrogens with zero attached hydrogens (tertiary/aromatic N) is 2. The average Bonchev–Trinajstić information content (AvgIpc) is 2.98. The van der Waals surface area contributed by atoms with Gasteiger partial charge in [-0.05, 0) is 37.0 Å². The van der Waals surface area contributed by atoms with E-state index in [0.29, 0.717) is 31.7 Å². The molecule has 2 saturated heterocycles. The molecule has 2 aliphatic rings. The molecule has 1 N–H and O–H groups in total. The third-order valence-electron chi connectivity index (χ3n) is 5.62. The lowest BCUT2D eigenvalue weighted by molar-refractivity contribution is -0.137. The van der Waals surface area contributed by atoms with Crippen molar-refractivity contribution in [2.24, 2.45) is 0 Å². The van der Waals surface area contributed by atoms with Crippen molar-refractivity contribution >= 4 is 11.7 Å². The summed E-state index contributed by atoms with van der Waals surface area (Å²) in [6.07, 6.45) is -1.07. The summed E-state index contributed by atoms with van der Waals surface area (Å²) in [4.78, 5) is 18.5.